The Kier molecular flexibility index (Phi) is 4.64. The molecule has 2 rings (SSSR count). The summed E-state index contributed by atoms with van der Waals surface area (Å²) < 4.78 is 0. The number of nitrogens with zero attached hydrogens (tertiary/aromatic N) is 1. The largest absolute Gasteiger partial charge is 0.328 e. The van der Waals surface area contributed by atoms with E-state index in [-0.39, 0.29) is 0 Å². The Bertz CT molecular complexity index is 425. The average Bonchev–Trinajstić information content (AvgIpc) is 2.41. The third-order valence-corrected chi connectivity index (χ3v) is 4.79. The second-order valence-corrected chi connectivity index (χ2v) is 6.28. The normalized spacial score (nSPS) is 24.2. The van der Waals surface area contributed by atoms with Crippen molar-refractivity contribution in [1.82, 2.24) is 4.90 Å². The zero-order valence-corrected chi connectivity index (χ0v) is 12.8. The Balaban J connectivity index is 2.10. The molecule has 0 aromatic heterocycles. The van der Waals surface area contributed by atoms with Gasteiger partial charge in [0.15, 0.2) is 0 Å². The highest BCUT2D eigenvalue weighted by atomic mass is 15.2. The van der Waals surface area contributed by atoms with E-state index in [9.17, 15) is 0 Å². The monoisotopic (exact) mass is 260 g/mol. The first kappa shape index (κ1) is 14.5. The van der Waals surface area contributed by atoms with Crippen molar-refractivity contribution in [3.8, 4) is 0 Å². The van der Waals surface area contributed by atoms with E-state index < -0.39 is 0 Å². The minimum absolute atomic E-state index is 0.315. The van der Waals surface area contributed by atoms with Gasteiger partial charge in [-0.15, -0.1) is 0 Å². The van der Waals surface area contributed by atoms with Crippen LogP contribution < -0.4 is 5.73 Å². The highest BCUT2D eigenvalue weighted by Gasteiger charge is 2.26. The van der Waals surface area contributed by atoms with Crippen LogP contribution in [0.5, 0.6) is 0 Å². The molecule has 0 radical (unpaired) electrons. The number of nitrogens with two attached hydrogens (primary N) is 1. The maximum atomic E-state index is 6.09. The molecule has 0 aliphatic carbocycles. The van der Waals surface area contributed by atoms with Gasteiger partial charge in [0.1, 0.15) is 0 Å². The number of rotatable bonds is 3. The van der Waals surface area contributed by atoms with E-state index in [0.717, 1.165) is 6.54 Å². The predicted octanol–water partition coefficient (Wildman–Crippen LogP) is 3.42. The molecule has 1 heterocycles. The quantitative estimate of drug-likeness (QED) is 0.902. The van der Waals surface area contributed by atoms with Crippen molar-refractivity contribution in [2.45, 2.75) is 52.6 Å². The molecule has 0 saturated carbocycles. The smallest absolute Gasteiger partial charge is 0.0320 e. The van der Waals surface area contributed by atoms with Crippen LogP contribution in [0, 0.1) is 19.8 Å². The molecule has 2 nitrogen and oxygen atoms in total. The molecule has 19 heavy (non-hydrogen) atoms. The van der Waals surface area contributed by atoms with Gasteiger partial charge in [-0.2, -0.15) is 0 Å². The molecule has 0 amide bonds. The fourth-order valence-electron chi connectivity index (χ4n) is 3.06. The van der Waals surface area contributed by atoms with Crippen molar-refractivity contribution >= 4 is 0 Å². The summed E-state index contributed by atoms with van der Waals surface area (Å²) in [5.41, 5.74) is 10.3. The molecular weight excluding hydrogens is 232 g/mol. The van der Waals surface area contributed by atoms with Gasteiger partial charge in [-0.05, 0) is 69.7 Å². The highest BCUT2D eigenvalue weighted by Crippen LogP contribution is 2.28. The molecule has 1 aliphatic rings. The van der Waals surface area contributed by atoms with Crippen LogP contribution in [0.3, 0.4) is 0 Å². The van der Waals surface area contributed by atoms with Gasteiger partial charge in [0.05, 0.1) is 0 Å². The summed E-state index contributed by atoms with van der Waals surface area (Å²) in [4.78, 5) is 2.60. The Morgan fingerprint density at radius 1 is 1.21 bits per heavy atom. The molecule has 1 saturated heterocycles. The zero-order valence-electron chi connectivity index (χ0n) is 12.8. The first-order valence-corrected chi connectivity index (χ1v) is 7.56. The van der Waals surface area contributed by atoms with Crippen molar-refractivity contribution < 1.29 is 0 Å². The number of piperidine rings is 1. The maximum Gasteiger partial charge on any atom is 0.0320 e. The number of aryl methyl sites for hydroxylation is 2. The average molecular weight is 260 g/mol. The number of likely N-dealkylation sites (tertiary alicyclic amines) is 1. The third kappa shape index (κ3) is 3.37. The minimum atomic E-state index is 0.315. The molecule has 0 spiro atoms. The van der Waals surface area contributed by atoms with Gasteiger partial charge in [-0.3, -0.25) is 4.90 Å². The molecule has 1 fully saturated rings. The van der Waals surface area contributed by atoms with Gasteiger partial charge >= 0.3 is 0 Å². The maximum absolute atomic E-state index is 6.09. The van der Waals surface area contributed by atoms with E-state index in [1.807, 2.05) is 0 Å². The van der Waals surface area contributed by atoms with E-state index in [4.69, 9.17) is 5.73 Å². The van der Waals surface area contributed by atoms with Gasteiger partial charge in [-0.1, -0.05) is 18.2 Å². The van der Waals surface area contributed by atoms with Crippen LogP contribution in [0.15, 0.2) is 18.2 Å². The second-order valence-electron chi connectivity index (χ2n) is 6.28. The molecule has 0 bridgehead atoms. The fourth-order valence-corrected chi connectivity index (χ4v) is 3.06. The molecular formula is C17H28N2. The summed E-state index contributed by atoms with van der Waals surface area (Å²) in [5, 5.41) is 0. The van der Waals surface area contributed by atoms with Gasteiger partial charge in [-0.25, -0.2) is 0 Å². The standard InChI is InChI=1S/C17H28N2/c1-12-7-8-16(10-13(12)2)15(4)19-9-5-6-17(11-19)14(3)18/h7-8,10,14-15,17H,5-6,9,11,18H2,1-4H3. The minimum Gasteiger partial charge on any atom is -0.328 e. The SMILES string of the molecule is Cc1ccc(C(C)N2CCCC(C(C)N)C2)cc1C. The molecule has 3 unspecified atom stereocenters. The lowest BCUT2D eigenvalue weighted by Crippen LogP contribution is -2.43. The highest BCUT2D eigenvalue weighted by molar-refractivity contribution is 5.31. The Labute approximate surface area is 118 Å². The van der Waals surface area contributed by atoms with Crippen LogP contribution in [0.1, 0.15) is 49.4 Å². The Morgan fingerprint density at radius 2 is 1.95 bits per heavy atom. The number of hydrogen-bond donors (Lipinski definition) is 1. The van der Waals surface area contributed by atoms with Crippen LogP contribution >= 0.6 is 0 Å². The van der Waals surface area contributed by atoms with Gasteiger partial charge in [0.25, 0.3) is 0 Å². The lowest BCUT2D eigenvalue weighted by molar-refractivity contribution is 0.121. The van der Waals surface area contributed by atoms with E-state index in [1.165, 1.54) is 36.1 Å². The molecule has 1 aliphatic heterocycles. The first-order valence-electron chi connectivity index (χ1n) is 7.56. The molecule has 1 aromatic carbocycles. The van der Waals surface area contributed by atoms with Crippen molar-refractivity contribution in [3.05, 3.63) is 34.9 Å². The summed E-state index contributed by atoms with van der Waals surface area (Å²) in [7, 11) is 0. The molecule has 106 valence electrons. The lowest BCUT2D eigenvalue weighted by atomic mass is 9.90. The number of hydrogen-bond acceptors (Lipinski definition) is 2. The third-order valence-electron chi connectivity index (χ3n) is 4.79. The Hall–Kier alpha value is -0.860. The summed E-state index contributed by atoms with van der Waals surface area (Å²) in [5.74, 6) is 0.655. The van der Waals surface area contributed by atoms with Gasteiger partial charge in [0, 0.05) is 18.6 Å². The summed E-state index contributed by atoms with van der Waals surface area (Å²) in [6, 6.07) is 7.68. The van der Waals surface area contributed by atoms with E-state index >= 15 is 0 Å². The predicted molar refractivity (Wildman–Crippen MR) is 82.3 cm³/mol. The van der Waals surface area contributed by atoms with Crippen LogP contribution in [-0.4, -0.2) is 24.0 Å². The summed E-state index contributed by atoms with van der Waals surface area (Å²) in [6.45, 7) is 11.2. The van der Waals surface area contributed by atoms with Crippen LogP contribution in [-0.2, 0) is 0 Å². The topological polar surface area (TPSA) is 29.3 Å². The number of benzene rings is 1. The molecule has 2 N–H and O–H groups in total. The van der Waals surface area contributed by atoms with Crippen LogP contribution in [0.2, 0.25) is 0 Å². The van der Waals surface area contributed by atoms with Gasteiger partial charge in [0.2, 0.25) is 0 Å². The fraction of sp³-hybridized carbons (Fsp3) is 0.647. The van der Waals surface area contributed by atoms with Crippen molar-refractivity contribution in [3.63, 3.8) is 0 Å². The molecule has 1 aromatic rings. The lowest BCUT2D eigenvalue weighted by Gasteiger charge is -2.38. The Morgan fingerprint density at radius 3 is 2.58 bits per heavy atom. The van der Waals surface area contributed by atoms with E-state index in [1.54, 1.807) is 0 Å². The van der Waals surface area contributed by atoms with Gasteiger partial charge < -0.3 is 5.73 Å². The molecule has 2 heteroatoms. The zero-order chi connectivity index (χ0) is 14.0. The van der Waals surface area contributed by atoms with Crippen molar-refractivity contribution in [2.24, 2.45) is 11.7 Å². The van der Waals surface area contributed by atoms with E-state index in [0.29, 0.717) is 18.0 Å². The summed E-state index contributed by atoms with van der Waals surface area (Å²) >= 11 is 0. The molecule has 3 atom stereocenters. The van der Waals surface area contributed by atoms with Crippen molar-refractivity contribution in [2.75, 3.05) is 13.1 Å². The van der Waals surface area contributed by atoms with Crippen LogP contribution in [0.4, 0.5) is 0 Å². The van der Waals surface area contributed by atoms with Crippen LogP contribution in [0.25, 0.3) is 0 Å². The van der Waals surface area contributed by atoms with E-state index in [2.05, 4.69) is 50.8 Å². The second kappa shape index (κ2) is 6.06. The van der Waals surface area contributed by atoms with Crippen molar-refractivity contribution in [1.29, 1.82) is 0 Å². The first-order chi connectivity index (χ1) is 8.99. The summed E-state index contributed by atoms with van der Waals surface area (Å²) in [6.07, 6.45) is 2.56.